The van der Waals surface area contributed by atoms with Crippen molar-refractivity contribution in [1.82, 2.24) is 0 Å². The molecule has 0 aliphatic rings. The van der Waals surface area contributed by atoms with Gasteiger partial charge >= 0.3 is 0 Å². The Morgan fingerprint density at radius 2 is 2.00 bits per heavy atom. The molecule has 0 heterocycles. The predicted octanol–water partition coefficient (Wildman–Crippen LogP) is 2.69. The molecular weight excluding hydrogens is 128 g/mol. The Labute approximate surface area is 63.5 Å². The molecule has 1 radical (unpaired) electrons. The highest BCUT2D eigenvalue weighted by molar-refractivity contribution is 4.64. The Hall–Kier alpha value is -0.0800. The van der Waals surface area contributed by atoms with Crippen LogP contribution >= 0.6 is 0 Å². The van der Waals surface area contributed by atoms with Gasteiger partial charge in [0.1, 0.15) is 6.61 Å². The lowest BCUT2D eigenvalue weighted by Gasteiger charge is -2.21. The van der Waals surface area contributed by atoms with Gasteiger partial charge < -0.3 is 0 Å². The number of hydrogen-bond donors (Lipinski definition) is 0. The zero-order valence-electron chi connectivity index (χ0n) is 7.31. The second kappa shape index (κ2) is 4.69. The standard InChI is InChI=1S/C8H17O2/c1-5-7-8(3,4)10-9-6-2/h6H,5,7H2,1-4H3. The third-order valence-electron chi connectivity index (χ3n) is 1.22. The minimum atomic E-state index is -0.152. The fourth-order valence-corrected chi connectivity index (χ4v) is 0.822. The maximum Gasteiger partial charge on any atom is 0.119 e. The minimum Gasteiger partial charge on any atom is -0.230 e. The SMILES string of the molecule is C[CH]OOC(C)(C)CCC. The van der Waals surface area contributed by atoms with Gasteiger partial charge in [-0.3, -0.25) is 0 Å². The highest BCUT2D eigenvalue weighted by Gasteiger charge is 2.17. The summed E-state index contributed by atoms with van der Waals surface area (Å²) in [6.07, 6.45) is 2.13. The van der Waals surface area contributed by atoms with Crippen LogP contribution in [0.25, 0.3) is 0 Å². The van der Waals surface area contributed by atoms with E-state index >= 15 is 0 Å². The van der Waals surface area contributed by atoms with Crippen molar-refractivity contribution in [3.8, 4) is 0 Å². The van der Waals surface area contributed by atoms with E-state index in [4.69, 9.17) is 9.78 Å². The monoisotopic (exact) mass is 145 g/mol. The van der Waals surface area contributed by atoms with Crippen LogP contribution in [0.2, 0.25) is 0 Å². The van der Waals surface area contributed by atoms with Crippen molar-refractivity contribution < 1.29 is 9.78 Å². The zero-order valence-corrected chi connectivity index (χ0v) is 7.31. The van der Waals surface area contributed by atoms with Crippen LogP contribution in [0.3, 0.4) is 0 Å². The summed E-state index contributed by atoms with van der Waals surface area (Å²) < 4.78 is 0. The summed E-state index contributed by atoms with van der Waals surface area (Å²) in [5.41, 5.74) is -0.152. The summed E-state index contributed by atoms with van der Waals surface area (Å²) in [6, 6.07) is 0. The summed E-state index contributed by atoms with van der Waals surface area (Å²) in [5.74, 6) is 0. The molecule has 0 saturated heterocycles. The van der Waals surface area contributed by atoms with Crippen molar-refractivity contribution >= 4 is 0 Å². The molecule has 0 aliphatic heterocycles. The van der Waals surface area contributed by atoms with E-state index in [0.717, 1.165) is 12.8 Å². The van der Waals surface area contributed by atoms with Crippen molar-refractivity contribution in [2.24, 2.45) is 0 Å². The van der Waals surface area contributed by atoms with Crippen molar-refractivity contribution in [2.75, 3.05) is 0 Å². The zero-order chi connectivity index (χ0) is 8.04. The van der Waals surface area contributed by atoms with Crippen LogP contribution in [0.15, 0.2) is 0 Å². The van der Waals surface area contributed by atoms with Crippen LogP contribution in [0.5, 0.6) is 0 Å². The molecule has 2 nitrogen and oxygen atoms in total. The first-order chi connectivity index (χ1) is 4.62. The number of rotatable bonds is 5. The van der Waals surface area contributed by atoms with Crippen molar-refractivity contribution in [2.45, 2.75) is 46.1 Å². The highest BCUT2D eigenvalue weighted by Crippen LogP contribution is 2.16. The van der Waals surface area contributed by atoms with E-state index in [0.29, 0.717) is 0 Å². The lowest BCUT2D eigenvalue weighted by atomic mass is 10.0. The first-order valence-electron chi connectivity index (χ1n) is 3.74. The molecule has 0 saturated carbocycles. The average molecular weight is 145 g/mol. The maximum atomic E-state index is 5.06. The molecule has 0 aromatic carbocycles. The average Bonchev–Trinajstić information content (AvgIpc) is 1.84. The first-order valence-corrected chi connectivity index (χ1v) is 3.74. The van der Waals surface area contributed by atoms with Gasteiger partial charge in [-0.1, -0.05) is 13.3 Å². The van der Waals surface area contributed by atoms with Crippen molar-refractivity contribution in [3.05, 3.63) is 6.61 Å². The van der Waals surface area contributed by atoms with Gasteiger partial charge in [-0.25, -0.2) is 9.78 Å². The van der Waals surface area contributed by atoms with Gasteiger partial charge in [0.05, 0.1) is 5.60 Å². The van der Waals surface area contributed by atoms with E-state index in [-0.39, 0.29) is 5.60 Å². The number of hydrogen-bond acceptors (Lipinski definition) is 2. The highest BCUT2D eigenvalue weighted by atomic mass is 17.2. The van der Waals surface area contributed by atoms with E-state index < -0.39 is 0 Å². The van der Waals surface area contributed by atoms with Crippen LogP contribution in [-0.2, 0) is 9.78 Å². The maximum absolute atomic E-state index is 5.06. The summed E-state index contributed by atoms with van der Waals surface area (Å²) in [5, 5.41) is 0. The Morgan fingerprint density at radius 1 is 1.40 bits per heavy atom. The molecule has 10 heavy (non-hydrogen) atoms. The molecule has 0 atom stereocenters. The molecular formula is C8H17O2. The van der Waals surface area contributed by atoms with Gasteiger partial charge in [0.15, 0.2) is 0 Å². The molecule has 0 unspecified atom stereocenters. The summed E-state index contributed by atoms with van der Waals surface area (Å²) in [4.78, 5) is 9.79. The van der Waals surface area contributed by atoms with Gasteiger partial charge in [0.2, 0.25) is 0 Å². The quantitative estimate of drug-likeness (QED) is 0.437. The largest absolute Gasteiger partial charge is 0.230 e. The fourth-order valence-electron chi connectivity index (χ4n) is 0.822. The Balaban J connectivity index is 3.42. The summed E-state index contributed by atoms with van der Waals surface area (Å²) >= 11 is 0. The second-order valence-electron chi connectivity index (χ2n) is 2.92. The van der Waals surface area contributed by atoms with E-state index in [1.54, 1.807) is 6.92 Å². The Bertz CT molecular complexity index is 79.3. The van der Waals surface area contributed by atoms with Gasteiger partial charge in [0.25, 0.3) is 0 Å². The van der Waals surface area contributed by atoms with Crippen LogP contribution in [-0.4, -0.2) is 5.60 Å². The molecule has 0 aromatic heterocycles. The normalized spacial score (nSPS) is 12.0. The van der Waals surface area contributed by atoms with Crippen LogP contribution in [0.4, 0.5) is 0 Å². The molecule has 0 N–H and O–H groups in total. The summed E-state index contributed by atoms with van der Waals surface area (Å²) in [7, 11) is 0. The first kappa shape index (κ1) is 9.92. The molecule has 0 rings (SSSR count). The Kier molecular flexibility index (Phi) is 4.65. The van der Waals surface area contributed by atoms with E-state index in [2.05, 4.69) is 6.92 Å². The predicted molar refractivity (Wildman–Crippen MR) is 41.1 cm³/mol. The fraction of sp³-hybridized carbons (Fsp3) is 0.875. The van der Waals surface area contributed by atoms with E-state index in [9.17, 15) is 0 Å². The molecule has 0 bridgehead atoms. The van der Waals surface area contributed by atoms with E-state index in [1.165, 1.54) is 6.61 Å². The second-order valence-corrected chi connectivity index (χ2v) is 2.92. The molecule has 0 spiro atoms. The minimum absolute atomic E-state index is 0.152. The van der Waals surface area contributed by atoms with E-state index in [1.807, 2.05) is 13.8 Å². The Morgan fingerprint density at radius 3 is 2.40 bits per heavy atom. The lowest BCUT2D eigenvalue weighted by molar-refractivity contribution is -0.331. The molecule has 0 aromatic rings. The van der Waals surface area contributed by atoms with Crippen LogP contribution in [0.1, 0.15) is 40.5 Å². The third kappa shape index (κ3) is 4.77. The summed E-state index contributed by atoms with van der Waals surface area (Å²) in [6.45, 7) is 9.49. The molecule has 0 aliphatic carbocycles. The third-order valence-corrected chi connectivity index (χ3v) is 1.22. The van der Waals surface area contributed by atoms with Crippen LogP contribution in [0, 0.1) is 6.61 Å². The lowest BCUT2D eigenvalue weighted by Crippen LogP contribution is -2.23. The molecule has 61 valence electrons. The van der Waals surface area contributed by atoms with Crippen molar-refractivity contribution in [1.29, 1.82) is 0 Å². The van der Waals surface area contributed by atoms with Gasteiger partial charge in [0, 0.05) is 0 Å². The topological polar surface area (TPSA) is 18.5 Å². The van der Waals surface area contributed by atoms with Crippen LogP contribution < -0.4 is 0 Å². The van der Waals surface area contributed by atoms with Gasteiger partial charge in [-0.2, -0.15) is 0 Å². The smallest absolute Gasteiger partial charge is 0.119 e. The molecule has 0 fully saturated rings. The molecule has 0 amide bonds. The molecule has 2 heteroatoms. The van der Waals surface area contributed by atoms with Crippen molar-refractivity contribution in [3.63, 3.8) is 0 Å². The van der Waals surface area contributed by atoms with Gasteiger partial charge in [-0.15, -0.1) is 0 Å². The van der Waals surface area contributed by atoms with Gasteiger partial charge in [-0.05, 0) is 27.2 Å².